The molecular formula is C20H25N7O4. The first-order valence-electron chi connectivity index (χ1n) is 10.0. The highest BCUT2D eigenvalue weighted by Crippen LogP contribution is 2.32. The predicted octanol–water partition coefficient (Wildman–Crippen LogP) is 1.87. The second kappa shape index (κ2) is 8.62. The number of carbonyl (C=O) groups is 1. The Morgan fingerprint density at radius 1 is 1.06 bits per heavy atom. The van der Waals surface area contributed by atoms with E-state index in [9.17, 15) is 4.79 Å². The number of piperazine rings is 1. The van der Waals surface area contributed by atoms with Gasteiger partial charge in [0.2, 0.25) is 11.8 Å². The lowest BCUT2D eigenvalue weighted by atomic mass is 10.1. The van der Waals surface area contributed by atoms with Crippen molar-refractivity contribution >= 4 is 17.6 Å². The molecule has 1 amide bonds. The zero-order valence-electron chi connectivity index (χ0n) is 18.0. The smallest absolute Gasteiger partial charge is 0.410 e. The first-order chi connectivity index (χ1) is 15.0. The molecule has 4 rings (SSSR count). The molecule has 0 atom stereocenters. The van der Waals surface area contributed by atoms with Crippen molar-refractivity contribution < 1.29 is 19.0 Å². The number of hydrogen-bond acceptors (Lipinski definition) is 9. The van der Waals surface area contributed by atoms with Crippen molar-refractivity contribution in [1.29, 1.82) is 0 Å². The van der Waals surface area contributed by atoms with E-state index in [-0.39, 0.29) is 12.2 Å². The predicted molar refractivity (Wildman–Crippen MR) is 113 cm³/mol. The van der Waals surface area contributed by atoms with Crippen LogP contribution in [-0.2, 0) is 4.74 Å². The lowest BCUT2D eigenvalue weighted by molar-refractivity contribution is 0.0751. The van der Waals surface area contributed by atoms with E-state index in [1.807, 2.05) is 26.1 Å². The number of amides is 1. The summed E-state index contributed by atoms with van der Waals surface area (Å²) >= 11 is 0. The highest BCUT2D eigenvalue weighted by Gasteiger charge is 2.24. The van der Waals surface area contributed by atoms with E-state index in [1.54, 1.807) is 21.7 Å². The van der Waals surface area contributed by atoms with Gasteiger partial charge in [-0.25, -0.2) is 14.3 Å². The lowest BCUT2D eigenvalue weighted by Crippen LogP contribution is -2.49. The van der Waals surface area contributed by atoms with Gasteiger partial charge in [-0.3, -0.25) is 0 Å². The van der Waals surface area contributed by atoms with Crippen LogP contribution < -0.4 is 14.4 Å². The van der Waals surface area contributed by atoms with Crippen LogP contribution in [0.2, 0.25) is 0 Å². The van der Waals surface area contributed by atoms with Gasteiger partial charge in [-0.15, -0.1) is 10.2 Å². The number of fused-ring (bicyclic) bond motifs is 1. The number of rotatable bonds is 5. The minimum absolute atomic E-state index is 0.131. The molecule has 0 aliphatic carbocycles. The molecule has 3 aromatic rings. The number of aromatic nitrogens is 5. The van der Waals surface area contributed by atoms with Crippen molar-refractivity contribution in [3.8, 4) is 22.9 Å². The van der Waals surface area contributed by atoms with Gasteiger partial charge in [0, 0.05) is 38.4 Å². The summed E-state index contributed by atoms with van der Waals surface area (Å²) in [6.45, 7) is 6.16. The van der Waals surface area contributed by atoms with Crippen LogP contribution in [0.5, 0.6) is 11.8 Å². The van der Waals surface area contributed by atoms with E-state index in [2.05, 4.69) is 20.2 Å². The van der Waals surface area contributed by atoms with Crippen LogP contribution in [0.3, 0.4) is 0 Å². The molecular weight excluding hydrogens is 402 g/mol. The molecule has 0 aromatic carbocycles. The first kappa shape index (κ1) is 20.6. The molecule has 0 spiro atoms. The summed E-state index contributed by atoms with van der Waals surface area (Å²) in [6, 6.07) is 3.66. The molecule has 4 heterocycles. The van der Waals surface area contributed by atoms with Crippen LogP contribution >= 0.6 is 0 Å². The Labute approximate surface area is 179 Å². The van der Waals surface area contributed by atoms with Gasteiger partial charge in [-0.05, 0) is 19.9 Å². The maximum atomic E-state index is 12.1. The van der Waals surface area contributed by atoms with Gasteiger partial charge in [-0.2, -0.15) is 5.10 Å². The first-order valence-corrected chi connectivity index (χ1v) is 10.0. The molecule has 1 fully saturated rings. The van der Waals surface area contributed by atoms with E-state index in [0.29, 0.717) is 49.1 Å². The van der Waals surface area contributed by atoms with E-state index < -0.39 is 0 Å². The zero-order valence-corrected chi connectivity index (χ0v) is 18.0. The Balaban J connectivity index is 1.60. The maximum absolute atomic E-state index is 12.1. The monoisotopic (exact) mass is 427 g/mol. The van der Waals surface area contributed by atoms with E-state index in [1.165, 1.54) is 14.2 Å². The number of anilines is 1. The third-order valence-corrected chi connectivity index (χ3v) is 4.98. The van der Waals surface area contributed by atoms with Crippen LogP contribution in [0.1, 0.15) is 13.8 Å². The molecule has 0 N–H and O–H groups in total. The fraction of sp³-hybridized carbons (Fsp3) is 0.450. The van der Waals surface area contributed by atoms with Gasteiger partial charge in [0.15, 0.2) is 5.65 Å². The summed E-state index contributed by atoms with van der Waals surface area (Å²) in [6.07, 6.45) is 3.17. The molecule has 3 aromatic heterocycles. The molecule has 164 valence electrons. The van der Waals surface area contributed by atoms with Gasteiger partial charge >= 0.3 is 6.09 Å². The minimum atomic E-state index is -0.276. The Morgan fingerprint density at radius 3 is 2.52 bits per heavy atom. The average molecular weight is 427 g/mol. The van der Waals surface area contributed by atoms with Crippen LogP contribution in [0.4, 0.5) is 10.6 Å². The molecule has 11 heteroatoms. The molecule has 0 saturated carbocycles. The van der Waals surface area contributed by atoms with Crippen LogP contribution in [0.15, 0.2) is 24.5 Å². The van der Waals surface area contributed by atoms with Gasteiger partial charge in [0.1, 0.15) is 5.82 Å². The molecule has 1 aliphatic heterocycles. The van der Waals surface area contributed by atoms with Gasteiger partial charge in [0.05, 0.1) is 37.6 Å². The SMILES string of the molecule is COc1cc(-c2cnn3ccc(N4CCN(C(=O)OC(C)C)CC4)nc23)c(OC)nn1. The van der Waals surface area contributed by atoms with Gasteiger partial charge in [0.25, 0.3) is 0 Å². The Hall–Kier alpha value is -3.63. The van der Waals surface area contributed by atoms with Crippen LogP contribution in [0, 0.1) is 0 Å². The topological polar surface area (TPSA) is 107 Å². The fourth-order valence-corrected chi connectivity index (χ4v) is 3.43. The molecule has 0 unspecified atom stereocenters. The molecule has 1 aliphatic rings. The standard InChI is InChI=1S/C20H25N7O4/c1-13(2)31-20(28)26-9-7-25(8-10-26)16-5-6-27-18(22-16)15(12-21-27)14-11-17(29-3)23-24-19(14)30-4/h5-6,11-13H,7-10H2,1-4H3. The van der Waals surface area contributed by atoms with Crippen molar-refractivity contribution in [2.45, 2.75) is 20.0 Å². The van der Waals surface area contributed by atoms with Crippen molar-refractivity contribution in [2.75, 3.05) is 45.3 Å². The molecule has 0 radical (unpaired) electrons. The maximum Gasteiger partial charge on any atom is 0.410 e. The zero-order chi connectivity index (χ0) is 22.0. The third-order valence-electron chi connectivity index (χ3n) is 4.98. The largest absolute Gasteiger partial charge is 0.480 e. The van der Waals surface area contributed by atoms with Gasteiger partial charge < -0.3 is 24.0 Å². The molecule has 11 nitrogen and oxygen atoms in total. The minimum Gasteiger partial charge on any atom is -0.480 e. The summed E-state index contributed by atoms with van der Waals surface area (Å²) in [5.74, 6) is 1.54. The summed E-state index contributed by atoms with van der Waals surface area (Å²) in [4.78, 5) is 20.8. The quantitative estimate of drug-likeness (QED) is 0.603. The van der Waals surface area contributed by atoms with E-state index >= 15 is 0 Å². The van der Waals surface area contributed by atoms with Crippen molar-refractivity contribution in [1.82, 2.24) is 29.7 Å². The average Bonchev–Trinajstić information content (AvgIpc) is 3.21. The fourth-order valence-electron chi connectivity index (χ4n) is 3.43. The van der Waals surface area contributed by atoms with Crippen molar-refractivity contribution in [3.05, 3.63) is 24.5 Å². The third kappa shape index (κ3) is 4.16. The van der Waals surface area contributed by atoms with Crippen LogP contribution in [0.25, 0.3) is 16.8 Å². The normalized spacial score (nSPS) is 14.2. The summed E-state index contributed by atoms with van der Waals surface area (Å²) in [5, 5.41) is 12.4. The number of nitrogens with zero attached hydrogens (tertiary/aromatic N) is 7. The van der Waals surface area contributed by atoms with Crippen molar-refractivity contribution in [2.24, 2.45) is 0 Å². The summed E-state index contributed by atoms with van der Waals surface area (Å²) in [7, 11) is 3.07. The Morgan fingerprint density at radius 2 is 1.84 bits per heavy atom. The highest BCUT2D eigenvalue weighted by molar-refractivity contribution is 5.81. The second-order valence-electron chi connectivity index (χ2n) is 7.33. The highest BCUT2D eigenvalue weighted by atomic mass is 16.6. The summed E-state index contributed by atoms with van der Waals surface area (Å²) < 4.78 is 17.6. The number of methoxy groups -OCH3 is 2. The molecule has 0 bridgehead atoms. The van der Waals surface area contributed by atoms with Crippen molar-refractivity contribution in [3.63, 3.8) is 0 Å². The molecule has 31 heavy (non-hydrogen) atoms. The Bertz CT molecular complexity index is 1080. The second-order valence-corrected chi connectivity index (χ2v) is 7.33. The number of carbonyl (C=O) groups excluding carboxylic acids is 1. The Kier molecular flexibility index (Phi) is 5.74. The van der Waals surface area contributed by atoms with E-state index in [4.69, 9.17) is 19.2 Å². The van der Waals surface area contributed by atoms with E-state index in [0.717, 1.165) is 11.4 Å². The lowest BCUT2D eigenvalue weighted by Gasteiger charge is -2.35. The van der Waals surface area contributed by atoms with Gasteiger partial charge in [-0.1, -0.05) is 0 Å². The summed E-state index contributed by atoms with van der Waals surface area (Å²) in [5.41, 5.74) is 2.11. The number of ether oxygens (including phenoxy) is 3. The number of hydrogen-bond donors (Lipinski definition) is 0. The molecule has 1 saturated heterocycles. The van der Waals surface area contributed by atoms with Crippen LogP contribution in [-0.4, -0.2) is 82.3 Å².